The van der Waals surface area contributed by atoms with Crippen LogP contribution in [0.5, 0.6) is 0 Å². The Bertz CT molecular complexity index is 1070. The minimum absolute atomic E-state index is 0.0847. The Hall–Kier alpha value is -1.54. The van der Waals surface area contributed by atoms with Gasteiger partial charge in [-0.15, -0.1) is 0 Å². The Morgan fingerprint density at radius 2 is 0.948 bits per heavy atom. The van der Waals surface area contributed by atoms with Gasteiger partial charge in [0.1, 0.15) is 19.3 Å². The first kappa shape index (κ1) is 56.5. The van der Waals surface area contributed by atoms with E-state index in [0.29, 0.717) is 24.1 Å². The average molecular weight is 839 g/mol. The summed E-state index contributed by atoms with van der Waals surface area (Å²) in [6.45, 7) is 5.57. The van der Waals surface area contributed by atoms with E-state index in [1.54, 1.807) is 0 Å². The summed E-state index contributed by atoms with van der Waals surface area (Å²) < 4.78 is 35.0. The molecule has 0 aliphatic carbocycles. The fraction of sp³-hybridized carbons (Fsp3) is 0.816. The third-order valence-electron chi connectivity index (χ3n) is 10.1. The molecule has 0 rings (SSSR count). The van der Waals surface area contributed by atoms with Crippen LogP contribution in [0.2, 0.25) is 0 Å². The van der Waals surface area contributed by atoms with Crippen LogP contribution < -0.4 is 0 Å². The van der Waals surface area contributed by atoms with Gasteiger partial charge in [0.2, 0.25) is 0 Å². The highest BCUT2D eigenvalue weighted by Crippen LogP contribution is 2.43. The van der Waals surface area contributed by atoms with Gasteiger partial charge in [0.15, 0.2) is 0 Å². The molecule has 0 heterocycles. The summed E-state index contributed by atoms with van der Waals surface area (Å²) in [5.41, 5.74) is 0. The Balaban J connectivity index is 4.13. The number of likely N-dealkylation sites (N-methyl/N-ethyl adjacent to an activating group) is 1. The molecular weight excluding hydrogens is 746 g/mol. The van der Waals surface area contributed by atoms with Crippen molar-refractivity contribution >= 4 is 13.8 Å². The minimum atomic E-state index is -4.28. The standard InChI is InChI=1S/C49H92NO7P/c1-6-8-10-12-14-16-18-20-21-22-23-24-25-26-27-28-29-30-31-33-35-37-39-41-44-54-46-48(47-56-58(52,53)55-45-43-50(3,4)5)57-49(51)42-40-38-36-34-32-19-17-15-13-11-9-7-2/h15,17-18,20,22-23,25-26,48H,6-14,16,19,21,24,27-47H2,1-5H3/p+1/b17-15-,20-18-,23-22-,26-25-. The van der Waals surface area contributed by atoms with Crippen molar-refractivity contribution in [2.45, 2.75) is 206 Å². The van der Waals surface area contributed by atoms with Crippen molar-refractivity contribution in [3.05, 3.63) is 48.6 Å². The summed E-state index contributed by atoms with van der Waals surface area (Å²) >= 11 is 0. The number of ether oxygens (including phenoxy) is 2. The molecule has 0 saturated heterocycles. The fourth-order valence-corrected chi connectivity index (χ4v) is 7.12. The number of rotatable bonds is 44. The third kappa shape index (κ3) is 45.5. The van der Waals surface area contributed by atoms with Gasteiger partial charge in [-0.25, -0.2) is 4.57 Å². The van der Waals surface area contributed by atoms with Crippen molar-refractivity contribution in [1.82, 2.24) is 0 Å². The maximum atomic E-state index is 12.7. The first-order valence-electron chi connectivity index (χ1n) is 23.9. The number of phosphoric acid groups is 1. The van der Waals surface area contributed by atoms with Crippen LogP contribution in [0.3, 0.4) is 0 Å². The van der Waals surface area contributed by atoms with Gasteiger partial charge in [-0.2, -0.15) is 0 Å². The number of hydrogen-bond donors (Lipinski definition) is 1. The van der Waals surface area contributed by atoms with Gasteiger partial charge in [-0.1, -0.05) is 165 Å². The highest BCUT2D eigenvalue weighted by molar-refractivity contribution is 7.47. The van der Waals surface area contributed by atoms with Crippen LogP contribution in [0.15, 0.2) is 48.6 Å². The van der Waals surface area contributed by atoms with Gasteiger partial charge in [-0.05, 0) is 77.0 Å². The van der Waals surface area contributed by atoms with Crippen LogP contribution in [0, 0.1) is 0 Å². The normalized spacial score (nSPS) is 14.1. The molecule has 0 bridgehead atoms. The predicted molar refractivity (Wildman–Crippen MR) is 247 cm³/mol. The Kier molecular flexibility index (Phi) is 41.0. The van der Waals surface area contributed by atoms with Crippen molar-refractivity contribution in [3.63, 3.8) is 0 Å². The van der Waals surface area contributed by atoms with E-state index < -0.39 is 13.9 Å². The molecule has 0 radical (unpaired) electrons. The van der Waals surface area contributed by atoms with Crippen LogP contribution in [0.1, 0.15) is 200 Å². The van der Waals surface area contributed by atoms with E-state index in [1.165, 1.54) is 122 Å². The van der Waals surface area contributed by atoms with Crippen molar-refractivity contribution in [1.29, 1.82) is 0 Å². The third-order valence-corrected chi connectivity index (χ3v) is 11.1. The number of allylic oxidation sites excluding steroid dienone is 8. The molecule has 0 aliphatic rings. The first-order chi connectivity index (χ1) is 28.1. The second kappa shape index (κ2) is 42.2. The summed E-state index contributed by atoms with van der Waals surface area (Å²) in [7, 11) is 1.66. The lowest BCUT2D eigenvalue weighted by molar-refractivity contribution is -0.870. The van der Waals surface area contributed by atoms with E-state index in [1.807, 2.05) is 21.1 Å². The highest BCUT2D eigenvalue weighted by atomic mass is 31.2. The van der Waals surface area contributed by atoms with E-state index in [2.05, 4.69) is 62.5 Å². The molecule has 58 heavy (non-hydrogen) atoms. The summed E-state index contributed by atoms with van der Waals surface area (Å²) in [4.78, 5) is 22.9. The molecule has 2 unspecified atom stereocenters. The molecule has 2 atom stereocenters. The van der Waals surface area contributed by atoms with E-state index in [-0.39, 0.29) is 25.8 Å². The SMILES string of the molecule is CCCCC/C=C\CCCCCCCC(=O)OC(COCCCCCCCCCCC/C=C\C/C=C\C/C=C\CCCCCCC)COP(=O)(O)OCC[N+](C)(C)C. The van der Waals surface area contributed by atoms with E-state index in [0.717, 1.165) is 57.8 Å². The topological polar surface area (TPSA) is 91.3 Å². The predicted octanol–water partition coefficient (Wildman–Crippen LogP) is 14.3. The quantitative estimate of drug-likeness (QED) is 0.0215. The number of carbonyl (C=O) groups excluding carboxylic acids is 1. The van der Waals surface area contributed by atoms with Crippen molar-refractivity contribution in [3.8, 4) is 0 Å². The monoisotopic (exact) mass is 839 g/mol. The number of hydrogen-bond acceptors (Lipinski definition) is 6. The van der Waals surface area contributed by atoms with E-state index >= 15 is 0 Å². The Morgan fingerprint density at radius 1 is 0.534 bits per heavy atom. The summed E-state index contributed by atoms with van der Waals surface area (Å²) in [5, 5.41) is 0. The lowest BCUT2D eigenvalue weighted by Crippen LogP contribution is -2.37. The van der Waals surface area contributed by atoms with E-state index in [4.69, 9.17) is 18.5 Å². The van der Waals surface area contributed by atoms with Crippen molar-refractivity contribution in [2.75, 3.05) is 54.1 Å². The second-order valence-electron chi connectivity index (χ2n) is 17.1. The molecular formula is C49H93NO7P+. The zero-order chi connectivity index (χ0) is 42.7. The van der Waals surface area contributed by atoms with Gasteiger partial charge in [0.05, 0.1) is 34.4 Å². The van der Waals surface area contributed by atoms with Crippen LogP contribution in [0.25, 0.3) is 0 Å². The van der Waals surface area contributed by atoms with Gasteiger partial charge in [-0.3, -0.25) is 13.8 Å². The molecule has 0 aromatic carbocycles. The zero-order valence-corrected chi connectivity index (χ0v) is 39.4. The molecule has 9 heteroatoms. The molecule has 8 nitrogen and oxygen atoms in total. The van der Waals surface area contributed by atoms with Gasteiger partial charge >= 0.3 is 13.8 Å². The minimum Gasteiger partial charge on any atom is -0.457 e. The van der Waals surface area contributed by atoms with Crippen molar-refractivity contribution in [2.24, 2.45) is 0 Å². The molecule has 340 valence electrons. The Morgan fingerprint density at radius 3 is 1.47 bits per heavy atom. The van der Waals surface area contributed by atoms with Crippen LogP contribution in [-0.4, -0.2) is 75.6 Å². The number of unbranched alkanes of at least 4 members (excludes halogenated alkanes) is 22. The summed E-state index contributed by atoms with van der Waals surface area (Å²) in [6.07, 6.45) is 51.5. The molecule has 1 N–H and O–H groups in total. The van der Waals surface area contributed by atoms with Crippen LogP contribution >= 0.6 is 7.82 Å². The summed E-state index contributed by atoms with van der Waals surface area (Å²) in [5.74, 6) is -0.326. The van der Waals surface area contributed by atoms with Gasteiger partial charge in [0.25, 0.3) is 0 Å². The maximum Gasteiger partial charge on any atom is 0.472 e. The highest BCUT2D eigenvalue weighted by Gasteiger charge is 2.26. The maximum absolute atomic E-state index is 12.7. The van der Waals surface area contributed by atoms with Gasteiger partial charge < -0.3 is 18.9 Å². The van der Waals surface area contributed by atoms with Crippen LogP contribution in [-0.2, 0) is 27.9 Å². The molecule has 0 spiro atoms. The number of nitrogens with zero attached hydrogens (tertiary/aromatic N) is 1. The van der Waals surface area contributed by atoms with Crippen molar-refractivity contribution < 1.29 is 37.3 Å². The Labute approximate surface area is 358 Å². The first-order valence-corrected chi connectivity index (χ1v) is 25.4. The average Bonchev–Trinajstić information content (AvgIpc) is 3.18. The molecule has 0 aliphatic heterocycles. The lowest BCUT2D eigenvalue weighted by atomic mass is 10.1. The number of phosphoric ester groups is 1. The van der Waals surface area contributed by atoms with Crippen LogP contribution in [0.4, 0.5) is 0 Å². The smallest absolute Gasteiger partial charge is 0.457 e. The summed E-state index contributed by atoms with van der Waals surface area (Å²) in [6, 6.07) is 0. The molecule has 0 fully saturated rings. The zero-order valence-electron chi connectivity index (χ0n) is 38.5. The molecule has 0 saturated carbocycles. The second-order valence-corrected chi connectivity index (χ2v) is 18.6. The largest absolute Gasteiger partial charge is 0.472 e. The number of quaternary nitrogens is 1. The molecule has 0 aromatic heterocycles. The van der Waals surface area contributed by atoms with E-state index in [9.17, 15) is 14.3 Å². The number of carbonyl (C=O) groups is 1. The lowest BCUT2D eigenvalue weighted by Gasteiger charge is -2.24. The molecule has 0 amide bonds. The van der Waals surface area contributed by atoms with Gasteiger partial charge in [0, 0.05) is 13.0 Å². The fourth-order valence-electron chi connectivity index (χ4n) is 6.38. The molecule has 0 aromatic rings. The number of esters is 1.